The molecular formula is C14H21NO. The van der Waals surface area contributed by atoms with E-state index in [0.717, 1.165) is 13.0 Å². The lowest BCUT2D eigenvalue weighted by molar-refractivity contribution is 0.128. The van der Waals surface area contributed by atoms with Crippen molar-refractivity contribution in [2.75, 3.05) is 13.2 Å². The number of ether oxygens (including phenoxy) is 1. The lowest BCUT2D eigenvalue weighted by Gasteiger charge is -2.02. The van der Waals surface area contributed by atoms with E-state index in [4.69, 9.17) is 4.74 Å². The maximum absolute atomic E-state index is 5.52. The molecule has 1 unspecified atom stereocenters. The van der Waals surface area contributed by atoms with Gasteiger partial charge in [-0.25, -0.2) is 0 Å². The van der Waals surface area contributed by atoms with Crippen molar-refractivity contribution in [3.63, 3.8) is 0 Å². The molecule has 0 spiro atoms. The fourth-order valence-corrected chi connectivity index (χ4v) is 1.24. The summed E-state index contributed by atoms with van der Waals surface area (Å²) in [4.78, 5) is 4.32. The van der Waals surface area contributed by atoms with Crippen molar-refractivity contribution in [3.05, 3.63) is 35.9 Å². The van der Waals surface area contributed by atoms with E-state index >= 15 is 0 Å². The molecule has 0 N–H and O–H groups in total. The Morgan fingerprint density at radius 3 is 2.75 bits per heavy atom. The van der Waals surface area contributed by atoms with Crippen LogP contribution in [-0.2, 0) is 11.3 Å². The van der Waals surface area contributed by atoms with Crippen LogP contribution in [-0.4, -0.2) is 19.4 Å². The van der Waals surface area contributed by atoms with Crippen LogP contribution in [0.2, 0.25) is 0 Å². The third-order valence-corrected chi connectivity index (χ3v) is 2.48. The van der Waals surface area contributed by atoms with Gasteiger partial charge in [-0.05, 0) is 17.9 Å². The van der Waals surface area contributed by atoms with Crippen LogP contribution in [0.4, 0.5) is 0 Å². The fraction of sp³-hybridized carbons (Fsp3) is 0.500. The van der Waals surface area contributed by atoms with Gasteiger partial charge in [-0.15, -0.1) is 0 Å². The number of rotatable bonds is 7. The Labute approximate surface area is 98.4 Å². The van der Waals surface area contributed by atoms with Crippen LogP contribution in [0.15, 0.2) is 35.3 Å². The predicted molar refractivity (Wildman–Crippen MR) is 68.9 cm³/mol. The lowest BCUT2D eigenvalue weighted by Crippen LogP contribution is -2.00. The predicted octanol–water partition coefficient (Wildman–Crippen LogP) is 3.32. The van der Waals surface area contributed by atoms with E-state index in [1.54, 1.807) is 0 Å². The molecule has 88 valence electrons. The Hall–Kier alpha value is -1.15. The molecule has 1 aromatic rings. The second-order valence-electron chi connectivity index (χ2n) is 3.98. The van der Waals surface area contributed by atoms with Crippen LogP contribution in [0.1, 0.15) is 25.8 Å². The number of hydrogen-bond acceptors (Lipinski definition) is 2. The average molecular weight is 219 g/mol. The topological polar surface area (TPSA) is 21.6 Å². The van der Waals surface area contributed by atoms with Crippen molar-refractivity contribution in [1.82, 2.24) is 0 Å². The van der Waals surface area contributed by atoms with E-state index in [-0.39, 0.29) is 0 Å². The van der Waals surface area contributed by atoms with Crippen LogP contribution in [0.3, 0.4) is 0 Å². The van der Waals surface area contributed by atoms with E-state index in [9.17, 15) is 0 Å². The van der Waals surface area contributed by atoms with Gasteiger partial charge in [0.25, 0.3) is 0 Å². The van der Waals surface area contributed by atoms with Crippen molar-refractivity contribution >= 4 is 6.21 Å². The first-order valence-electron chi connectivity index (χ1n) is 5.94. The molecule has 0 aliphatic carbocycles. The van der Waals surface area contributed by atoms with Crippen LogP contribution in [0.5, 0.6) is 0 Å². The summed E-state index contributed by atoms with van der Waals surface area (Å²) < 4.78 is 5.52. The van der Waals surface area contributed by atoms with Crippen LogP contribution in [0, 0.1) is 5.92 Å². The molecule has 16 heavy (non-hydrogen) atoms. The quantitative estimate of drug-likeness (QED) is 0.509. The summed E-state index contributed by atoms with van der Waals surface area (Å²) in [6.45, 7) is 6.48. The largest absolute Gasteiger partial charge is 0.375 e. The molecule has 1 aromatic carbocycles. The molecule has 0 aliphatic rings. The second-order valence-corrected chi connectivity index (χ2v) is 3.98. The SMILES string of the molecule is CCC(C)C=NCCOCc1ccccc1. The summed E-state index contributed by atoms with van der Waals surface area (Å²) in [5.41, 5.74) is 1.22. The first-order valence-corrected chi connectivity index (χ1v) is 5.94. The molecule has 0 radical (unpaired) electrons. The highest BCUT2D eigenvalue weighted by Crippen LogP contribution is 2.00. The summed E-state index contributed by atoms with van der Waals surface area (Å²) >= 11 is 0. The van der Waals surface area contributed by atoms with Gasteiger partial charge in [0.2, 0.25) is 0 Å². The van der Waals surface area contributed by atoms with Gasteiger partial charge in [-0.2, -0.15) is 0 Å². The highest BCUT2D eigenvalue weighted by atomic mass is 16.5. The van der Waals surface area contributed by atoms with E-state index < -0.39 is 0 Å². The van der Waals surface area contributed by atoms with Gasteiger partial charge >= 0.3 is 0 Å². The average Bonchev–Trinajstić information content (AvgIpc) is 2.34. The third-order valence-electron chi connectivity index (χ3n) is 2.48. The lowest BCUT2D eigenvalue weighted by atomic mass is 10.1. The normalized spacial score (nSPS) is 13.1. The molecule has 0 bridgehead atoms. The minimum absolute atomic E-state index is 0.578. The standard InChI is InChI=1S/C14H21NO/c1-3-13(2)11-15-9-10-16-12-14-7-5-4-6-8-14/h4-8,11,13H,3,9-10,12H2,1-2H3. The maximum Gasteiger partial charge on any atom is 0.0717 e. The monoisotopic (exact) mass is 219 g/mol. The third kappa shape index (κ3) is 5.66. The zero-order chi connectivity index (χ0) is 11.6. The highest BCUT2D eigenvalue weighted by molar-refractivity contribution is 5.59. The molecule has 0 aliphatic heterocycles. The molecule has 0 fully saturated rings. The van der Waals surface area contributed by atoms with Crippen LogP contribution in [0.25, 0.3) is 0 Å². The number of nitrogens with zero attached hydrogens (tertiary/aromatic N) is 1. The summed E-state index contributed by atoms with van der Waals surface area (Å²) in [7, 11) is 0. The van der Waals surface area contributed by atoms with Crippen molar-refractivity contribution in [2.45, 2.75) is 26.9 Å². The molecule has 0 amide bonds. The number of benzene rings is 1. The van der Waals surface area contributed by atoms with Gasteiger partial charge in [-0.3, -0.25) is 4.99 Å². The van der Waals surface area contributed by atoms with E-state index in [1.807, 2.05) is 24.4 Å². The summed E-state index contributed by atoms with van der Waals surface area (Å²) in [5.74, 6) is 0.578. The minimum atomic E-state index is 0.578. The Morgan fingerprint density at radius 2 is 2.06 bits per heavy atom. The molecule has 1 rings (SSSR count). The maximum atomic E-state index is 5.52. The van der Waals surface area contributed by atoms with Crippen molar-refractivity contribution in [1.29, 1.82) is 0 Å². The summed E-state index contributed by atoms with van der Waals surface area (Å²) in [6, 6.07) is 10.2. The van der Waals surface area contributed by atoms with Gasteiger partial charge < -0.3 is 4.74 Å². The first-order chi connectivity index (χ1) is 7.83. The number of aliphatic imine (C=N–C) groups is 1. The minimum Gasteiger partial charge on any atom is -0.375 e. The summed E-state index contributed by atoms with van der Waals surface area (Å²) in [5, 5.41) is 0. The first kappa shape index (κ1) is 12.9. The summed E-state index contributed by atoms with van der Waals surface area (Å²) in [6.07, 6.45) is 3.17. The molecule has 1 atom stereocenters. The molecule has 0 aromatic heterocycles. The smallest absolute Gasteiger partial charge is 0.0717 e. The van der Waals surface area contributed by atoms with E-state index in [2.05, 4.69) is 31.0 Å². The molecule has 2 nitrogen and oxygen atoms in total. The van der Waals surface area contributed by atoms with Crippen molar-refractivity contribution in [3.8, 4) is 0 Å². The Kier molecular flexibility index (Phi) is 6.50. The van der Waals surface area contributed by atoms with Gasteiger partial charge in [-0.1, -0.05) is 44.2 Å². The molecule has 0 saturated heterocycles. The molecule has 2 heteroatoms. The Bertz CT molecular complexity index is 295. The highest BCUT2D eigenvalue weighted by Gasteiger charge is 1.92. The van der Waals surface area contributed by atoms with Gasteiger partial charge in [0.15, 0.2) is 0 Å². The van der Waals surface area contributed by atoms with Gasteiger partial charge in [0.05, 0.1) is 19.8 Å². The number of hydrogen-bond donors (Lipinski definition) is 0. The second kappa shape index (κ2) is 8.05. The van der Waals surface area contributed by atoms with E-state index in [0.29, 0.717) is 19.1 Å². The fourth-order valence-electron chi connectivity index (χ4n) is 1.24. The zero-order valence-electron chi connectivity index (χ0n) is 10.2. The molecular weight excluding hydrogens is 198 g/mol. The zero-order valence-corrected chi connectivity index (χ0v) is 10.2. The van der Waals surface area contributed by atoms with Gasteiger partial charge in [0, 0.05) is 6.21 Å². The van der Waals surface area contributed by atoms with Crippen molar-refractivity contribution < 1.29 is 4.74 Å². The molecule has 0 saturated carbocycles. The Morgan fingerprint density at radius 1 is 1.31 bits per heavy atom. The molecule has 0 heterocycles. The van der Waals surface area contributed by atoms with Crippen LogP contribution >= 0.6 is 0 Å². The van der Waals surface area contributed by atoms with Crippen molar-refractivity contribution in [2.24, 2.45) is 10.9 Å². The van der Waals surface area contributed by atoms with Crippen LogP contribution < -0.4 is 0 Å². The van der Waals surface area contributed by atoms with E-state index in [1.165, 1.54) is 5.56 Å². The van der Waals surface area contributed by atoms with Gasteiger partial charge in [0.1, 0.15) is 0 Å². The Balaban J connectivity index is 2.06.